The standard InChI is InChI=1S/C15H16N4O3.ClH/c16-10-4-5-11-9(8-10)2-1-3-12(11)18-15(20)13-6-7-14(17-13)19(21)22;/h4-8,12,17H,1-3,16H2,(H,18,20);1H. The summed E-state index contributed by atoms with van der Waals surface area (Å²) < 4.78 is 0. The average Bonchev–Trinajstić information content (AvgIpc) is 2.97. The quantitative estimate of drug-likeness (QED) is 0.454. The predicted octanol–water partition coefficient (Wildman–Crippen LogP) is 2.73. The van der Waals surface area contributed by atoms with Crippen molar-refractivity contribution in [3.05, 3.63) is 57.3 Å². The van der Waals surface area contributed by atoms with Crippen molar-refractivity contribution >= 4 is 29.8 Å². The maximum absolute atomic E-state index is 12.2. The van der Waals surface area contributed by atoms with Gasteiger partial charge in [-0.15, -0.1) is 12.4 Å². The van der Waals surface area contributed by atoms with Gasteiger partial charge in [-0.2, -0.15) is 0 Å². The third-order valence-corrected chi connectivity index (χ3v) is 3.90. The SMILES string of the molecule is Cl.Nc1ccc2c(c1)CCCC2NC(=O)c1ccc([N+](=O)[O-])[nH]1. The summed E-state index contributed by atoms with van der Waals surface area (Å²) in [6.45, 7) is 0. The number of anilines is 1. The molecule has 8 heteroatoms. The lowest BCUT2D eigenvalue weighted by Gasteiger charge is -2.26. The van der Waals surface area contributed by atoms with Gasteiger partial charge < -0.3 is 21.2 Å². The monoisotopic (exact) mass is 336 g/mol. The van der Waals surface area contributed by atoms with Crippen LogP contribution in [0.4, 0.5) is 11.5 Å². The van der Waals surface area contributed by atoms with Gasteiger partial charge in [0.1, 0.15) is 0 Å². The van der Waals surface area contributed by atoms with Crippen LogP contribution in [0.1, 0.15) is 40.5 Å². The molecular weight excluding hydrogens is 320 g/mol. The highest BCUT2D eigenvalue weighted by Crippen LogP contribution is 2.31. The first kappa shape index (κ1) is 16.8. The molecule has 0 spiro atoms. The Morgan fingerprint density at radius 2 is 2.13 bits per heavy atom. The second-order valence-corrected chi connectivity index (χ2v) is 5.39. The number of aryl methyl sites for hydroxylation is 1. The minimum atomic E-state index is -0.560. The number of H-pyrrole nitrogens is 1. The molecule has 2 aromatic rings. The number of hydrogen-bond acceptors (Lipinski definition) is 4. The van der Waals surface area contributed by atoms with E-state index in [1.54, 1.807) is 0 Å². The van der Waals surface area contributed by atoms with Crippen molar-refractivity contribution in [2.45, 2.75) is 25.3 Å². The lowest BCUT2D eigenvalue weighted by atomic mass is 9.87. The zero-order valence-electron chi connectivity index (χ0n) is 12.2. The van der Waals surface area contributed by atoms with E-state index in [2.05, 4.69) is 10.3 Å². The number of fused-ring (bicyclic) bond motifs is 1. The molecule has 0 saturated heterocycles. The fraction of sp³-hybridized carbons (Fsp3) is 0.267. The van der Waals surface area contributed by atoms with Crippen LogP contribution in [0.2, 0.25) is 0 Å². The topological polar surface area (TPSA) is 114 Å². The Hall–Kier alpha value is -2.54. The Morgan fingerprint density at radius 1 is 1.35 bits per heavy atom. The fourth-order valence-electron chi connectivity index (χ4n) is 2.84. The number of nitrogen functional groups attached to an aromatic ring is 1. The summed E-state index contributed by atoms with van der Waals surface area (Å²) in [7, 11) is 0. The second kappa shape index (κ2) is 6.70. The largest absolute Gasteiger partial charge is 0.399 e. The number of benzene rings is 1. The molecule has 0 radical (unpaired) electrons. The number of nitrogens with one attached hydrogen (secondary N) is 2. The summed E-state index contributed by atoms with van der Waals surface area (Å²) in [6, 6.07) is 8.30. The van der Waals surface area contributed by atoms with Crippen molar-refractivity contribution in [3.8, 4) is 0 Å². The third kappa shape index (κ3) is 3.45. The number of halogens is 1. The molecule has 0 bridgehead atoms. The number of amides is 1. The maximum Gasteiger partial charge on any atom is 0.321 e. The molecule has 1 atom stereocenters. The van der Waals surface area contributed by atoms with Gasteiger partial charge in [0.05, 0.1) is 6.04 Å². The molecule has 7 nitrogen and oxygen atoms in total. The van der Waals surface area contributed by atoms with Crippen LogP contribution in [-0.2, 0) is 6.42 Å². The number of rotatable bonds is 3. The van der Waals surface area contributed by atoms with Crippen molar-refractivity contribution in [1.29, 1.82) is 0 Å². The summed E-state index contributed by atoms with van der Waals surface area (Å²) in [5.41, 5.74) is 8.91. The zero-order valence-corrected chi connectivity index (χ0v) is 13.1. The molecule has 1 unspecified atom stereocenters. The van der Waals surface area contributed by atoms with E-state index in [-0.39, 0.29) is 35.9 Å². The van der Waals surface area contributed by atoms with Crippen LogP contribution in [0.5, 0.6) is 0 Å². The molecule has 0 fully saturated rings. The molecule has 1 amide bonds. The summed E-state index contributed by atoms with van der Waals surface area (Å²) in [6.07, 6.45) is 2.75. The van der Waals surface area contributed by atoms with E-state index in [4.69, 9.17) is 5.73 Å². The van der Waals surface area contributed by atoms with Gasteiger partial charge in [0.15, 0.2) is 5.69 Å². The number of aromatic amines is 1. The van der Waals surface area contributed by atoms with E-state index in [9.17, 15) is 14.9 Å². The Morgan fingerprint density at radius 3 is 2.83 bits per heavy atom. The normalized spacial score (nSPS) is 16.1. The first-order valence-corrected chi connectivity index (χ1v) is 7.07. The maximum atomic E-state index is 12.2. The smallest absolute Gasteiger partial charge is 0.321 e. The average molecular weight is 337 g/mol. The van der Waals surface area contributed by atoms with Crippen molar-refractivity contribution in [3.63, 3.8) is 0 Å². The lowest BCUT2D eigenvalue weighted by Crippen LogP contribution is -2.31. The molecule has 0 aliphatic heterocycles. The van der Waals surface area contributed by atoms with Crippen LogP contribution in [0.3, 0.4) is 0 Å². The van der Waals surface area contributed by atoms with Crippen LogP contribution >= 0.6 is 12.4 Å². The molecule has 4 N–H and O–H groups in total. The zero-order chi connectivity index (χ0) is 15.7. The van der Waals surface area contributed by atoms with E-state index >= 15 is 0 Å². The predicted molar refractivity (Wildman–Crippen MR) is 88.7 cm³/mol. The highest BCUT2D eigenvalue weighted by Gasteiger charge is 2.24. The summed E-state index contributed by atoms with van der Waals surface area (Å²) in [5.74, 6) is -0.537. The molecule has 3 rings (SSSR count). The molecule has 1 aromatic carbocycles. The highest BCUT2D eigenvalue weighted by atomic mass is 35.5. The van der Waals surface area contributed by atoms with Crippen molar-refractivity contribution in [1.82, 2.24) is 10.3 Å². The molecule has 1 heterocycles. The van der Waals surface area contributed by atoms with Crippen LogP contribution < -0.4 is 11.1 Å². The van der Waals surface area contributed by atoms with Gasteiger partial charge in [-0.3, -0.25) is 4.79 Å². The van der Waals surface area contributed by atoms with E-state index in [1.807, 2.05) is 18.2 Å². The summed E-state index contributed by atoms with van der Waals surface area (Å²) in [5, 5.41) is 13.6. The van der Waals surface area contributed by atoms with Gasteiger partial charge in [-0.1, -0.05) is 6.07 Å². The molecular formula is C15H17ClN4O3. The van der Waals surface area contributed by atoms with Gasteiger partial charge in [0.2, 0.25) is 0 Å². The minimum Gasteiger partial charge on any atom is -0.399 e. The summed E-state index contributed by atoms with van der Waals surface area (Å²) in [4.78, 5) is 24.8. The molecule has 122 valence electrons. The fourth-order valence-corrected chi connectivity index (χ4v) is 2.84. The van der Waals surface area contributed by atoms with Crippen LogP contribution in [0.15, 0.2) is 30.3 Å². The number of carbonyl (C=O) groups excluding carboxylic acids is 1. The van der Waals surface area contributed by atoms with Crippen LogP contribution in [0.25, 0.3) is 0 Å². The first-order chi connectivity index (χ1) is 10.5. The van der Waals surface area contributed by atoms with Gasteiger partial charge in [-0.25, -0.2) is 4.98 Å². The van der Waals surface area contributed by atoms with E-state index in [0.717, 1.165) is 30.4 Å². The van der Waals surface area contributed by atoms with Gasteiger partial charge >= 0.3 is 5.82 Å². The number of nitrogens with zero attached hydrogens (tertiary/aromatic N) is 1. The number of nitrogens with two attached hydrogens (primary N) is 1. The Labute approximate surface area is 138 Å². The molecule has 1 aromatic heterocycles. The van der Waals surface area contributed by atoms with Gasteiger partial charge in [0.25, 0.3) is 5.91 Å². The van der Waals surface area contributed by atoms with Crippen molar-refractivity contribution < 1.29 is 9.72 Å². The first-order valence-electron chi connectivity index (χ1n) is 7.07. The van der Waals surface area contributed by atoms with E-state index in [1.165, 1.54) is 12.1 Å². The number of carbonyl (C=O) groups is 1. The Bertz CT molecular complexity index is 744. The van der Waals surface area contributed by atoms with Crippen LogP contribution in [-0.4, -0.2) is 15.8 Å². The molecule has 1 aliphatic carbocycles. The third-order valence-electron chi connectivity index (χ3n) is 3.90. The highest BCUT2D eigenvalue weighted by molar-refractivity contribution is 5.93. The van der Waals surface area contributed by atoms with Crippen molar-refractivity contribution in [2.24, 2.45) is 0 Å². The van der Waals surface area contributed by atoms with Crippen molar-refractivity contribution in [2.75, 3.05) is 5.73 Å². The number of hydrogen-bond donors (Lipinski definition) is 3. The lowest BCUT2D eigenvalue weighted by molar-refractivity contribution is -0.389. The molecule has 23 heavy (non-hydrogen) atoms. The molecule has 1 aliphatic rings. The Balaban J connectivity index is 0.00000192. The number of nitro groups is 1. The van der Waals surface area contributed by atoms with E-state index < -0.39 is 4.92 Å². The van der Waals surface area contributed by atoms with Crippen LogP contribution in [0, 0.1) is 10.1 Å². The second-order valence-electron chi connectivity index (χ2n) is 5.39. The minimum absolute atomic E-state index is 0. The van der Waals surface area contributed by atoms with E-state index in [0.29, 0.717) is 5.69 Å². The summed E-state index contributed by atoms with van der Waals surface area (Å²) >= 11 is 0. The van der Waals surface area contributed by atoms with Gasteiger partial charge in [0, 0.05) is 11.8 Å². The van der Waals surface area contributed by atoms with Gasteiger partial charge in [-0.05, 0) is 53.5 Å². The molecule has 0 saturated carbocycles. The number of aromatic nitrogens is 1. The Kier molecular flexibility index (Phi) is 4.90.